The van der Waals surface area contributed by atoms with Crippen LogP contribution < -0.4 is 15.8 Å². The summed E-state index contributed by atoms with van der Waals surface area (Å²) >= 11 is 0. The number of nitrogens with two attached hydrogens (primary N) is 1. The van der Waals surface area contributed by atoms with Crippen LogP contribution in [-0.4, -0.2) is 81.3 Å². The van der Waals surface area contributed by atoms with Gasteiger partial charge in [0.1, 0.15) is 18.3 Å². The van der Waals surface area contributed by atoms with E-state index in [-0.39, 0.29) is 30.7 Å². The fourth-order valence-electron chi connectivity index (χ4n) is 4.11. The molecule has 0 saturated carbocycles. The third-order valence-corrected chi connectivity index (χ3v) is 6.20. The number of carbonyl (C=O) groups excluding carboxylic acids is 2. The molecule has 37 heavy (non-hydrogen) atoms. The number of nitrogens with zero attached hydrogens (tertiary/aromatic N) is 1. The largest absolute Gasteiger partial charge is 0.443 e. The Balaban J connectivity index is 1.66. The summed E-state index contributed by atoms with van der Waals surface area (Å²) < 4.78 is 25.2. The molecule has 3 rings (SSSR count). The number of halogens is 1. The minimum Gasteiger partial charge on any atom is -0.443 e. The average Bonchev–Trinajstić information content (AvgIpc) is 3.26. The molecular formula is C25H35FN4O7. The fourth-order valence-corrected chi connectivity index (χ4v) is 4.11. The number of benzene rings is 1. The van der Waals surface area contributed by atoms with Crippen LogP contribution in [0.15, 0.2) is 24.3 Å². The van der Waals surface area contributed by atoms with Gasteiger partial charge >= 0.3 is 0 Å². The van der Waals surface area contributed by atoms with E-state index >= 15 is 0 Å². The molecule has 2 amide bonds. The van der Waals surface area contributed by atoms with Crippen LogP contribution in [0.4, 0.5) is 4.39 Å². The highest BCUT2D eigenvalue weighted by Crippen LogP contribution is 2.31. The van der Waals surface area contributed by atoms with Gasteiger partial charge in [0.25, 0.3) is 0 Å². The summed E-state index contributed by atoms with van der Waals surface area (Å²) in [7, 11) is 0. The van der Waals surface area contributed by atoms with E-state index in [9.17, 15) is 29.3 Å². The maximum absolute atomic E-state index is 14.1. The molecule has 2 aromatic rings. The van der Waals surface area contributed by atoms with E-state index in [2.05, 4.69) is 15.5 Å². The summed E-state index contributed by atoms with van der Waals surface area (Å²) in [4.78, 5) is 22.4. The number of carbonyl (C=O) groups is 2. The first-order valence-electron chi connectivity index (χ1n) is 12.2. The molecule has 0 radical (unpaired) electrons. The molecule has 11 nitrogen and oxygen atoms in total. The van der Waals surface area contributed by atoms with Gasteiger partial charge in [-0.15, -0.1) is 5.10 Å². The lowest BCUT2D eigenvalue weighted by Gasteiger charge is -2.38. The zero-order chi connectivity index (χ0) is 27.1. The van der Waals surface area contributed by atoms with Gasteiger partial charge in [-0.2, -0.15) is 0 Å². The minimum absolute atomic E-state index is 0.0723. The number of hydrogen-bond donors (Lipinski definition) is 6. The number of nitrogens with one attached hydrogen (secondary N) is 2. The number of aliphatic hydroxyl groups is 3. The molecule has 12 heteroatoms. The van der Waals surface area contributed by atoms with Crippen molar-refractivity contribution in [1.82, 2.24) is 15.5 Å². The van der Waals surface area contributed by atoms with E-state index in [0.717, 1.165) is 22.4 Å². The van der Waals surface area contributed by atoms with Crippen molar-refractivity contribution in [3.63, 3.8) is 0 Å². The molecule has 1 aliphatic rings. The molecule has 0 aliphatic carbocycles. The van der Waals surface area contributed by atoms with Crippen LogP contribution in [0.2, 0.25) is 0 Å². The van der Waals surface area contributed by atoms with E-state index in [1.807, 2.05) is 38.1 Å². The van der Waals surface area contributed by atoms with Gasteiger partial charge in [-0.05, 0) is 29.9 Å². The molecule has 204 valence electrons. The van der Waals surface area contributed by atoms with Gasteiger partial charge < -0.3 is 35.8 Å². The Morgan fingerprint density at radius 3 is 2.51 bits per heavy atom. The monoisotopic (exact) mass is 522 g/mol. The topological polar surface area (TPSA) is 180 Å². The number of alkyl halides is 1. The average molecular weight is 523 g/mol. The zero-order valence-electron chi connectivity index (χ0n) is 20.9. The summed E-state index contributed by atoms with van der Waals surface area (Å²) in [5, 5.41) is 39.2. The normalized spacial score (nSPS) is 23.7. The third kappa shape index (κ3) is 7.48. The number of aryl methyl sites for hydroxylation is 1. The fraction of sp³-hybridized carbons (Fsp3) is 0.560. The van der Waals surface area contributed by atoms with Crippen LogP contribution in [0.1, 0.15) is 55.0 Å². The minimum atomic E-state index is -1.95. The predicted molar refractivity (Wildman–Crippen MR) is 130 cm³/mol. The highest BCUT2D eigenvalue weighted by Gasteiger charge is 2.46. The van der Waals surface area contributed by atoms with Gasteiger partial charge in [-0.25, -0.2) is 4.39 Å². The van der Waals surface area contributed by atoms with Crippen LogP contribution in [0.3, 0.4) is 0 Å². The zero-order valence-corrected chi connectivity index (χ0v) is 20.9. The molecule has 0 bridgehead atoms. The van der Waals surface area contributed by atoms with Gasteiger partial charge in [0.15, 0.2) is 6.17 Å². The predicted octanol–water partition coefficient (Wildman–Crippen LogP) is 0.204. The van der Waals surface area contributed by atoms with E-state index in [1.165, 1.54) is 0 Å². The van der Waals surface area contributed by atoms with Crippen molar-refractivity contribution in [2.45, 2.75) is 76.2 Å². The van der Waals surface area contributed by atoms with Gasteiger partial charge in [0.05, 0.1) is 13.2 Å². The molecule has 1 aromatic heterocycles. The van der Waals surface area contributed by atoms with E-state index in [1.54, 1.807) is 0 Å². The number of hydrogen-bond acceptors (Lipinski definition) is 8. The lowest BCUT2D eigenvalue weighted by Crippen LogP contribution is -2.58. The summed E-state index contributed by atoms with van der Waals surface area (Å²) in [5.74, 6) is -0.586. The summed E-state index contributed by atoms with van der Waals surface area (Å²) in [6, 6.07) is 7.83. The Morgan fingerprint density at radius 2 is 1.89 bits per heavy atom. The second kappa shape index (κ2) is 13.0. The van der Waals surface area contributed by atoms with Gasteiger partial charge in [-0.3, -0.25) is 14.7 Å². The molecule has 2 heterocycles. The van der Waals surface area contributed by atoms with Gasteiger partial charge in [0, 0.05) is 24.1 Å². The van der Waals surface area contributed by atoms with Crippen molar-refractivity contribution in [3.8, 4) is 5.88 Å². The van der Waals surface area contributed by atoms with Crippen LogP contribution in [0.5, 0.6) is 5.88 Å². The molecule has 1 aliphatic heterocycles. The second-order valence-electron chi connectivity index (χ2n) is 9.43. The standard InChI is InChI=1S/C25H35FN4O7/c1-13(2)21-16(24(30-29-21)37-25-23(35)22(34)20(26)17(12-31)36-25)10-15-8-6-14(7-9-15)4-3-5-19(33)28-11-18(27)32/h6-9,13,17,20,22-23,25,31,34-35H,3-5,10-12H2,1-2H3,(H2,27,32)(H,28,33)(H,29,30). The molecule has 5 atom stereocenters. The molecule has 7 N–H and O–H groups in total. The Morgan fingerprint density at radius 1 is 1.22 bits per heavy atom. The number of H-pyrrole nitrogens is 1. The molecular weight excluding hydrogens is 487 g/mol. The quantitative estimate of drug-likeness (QED) is 0.229. The maximum atomic E-state index is 14.1. The van der Waals surface area contributed by atoms with Crippen molar-refractivity contribution in [2.75, 3.05) is 13.2 Å². The van der Waals surface area contributed by atoms with Crippen LogP contribution in [0, 0.1) is 0 Å². The molecule has 5 unspecified atom stereocenters. The lowest BCUT2D eigenvalue weighted by molar-refractivity contribution is -0.265. The number of aliphatic hydroxyl groups excluding tert-OH is 3. The Kier molecular flexibility index (Phi) is 9.98. The maximum Gasteiger partial charge on any atom is 0.238 e. The van der Waals surface area contributed by atoms with E-state index in [4.69, 9.17) is 15.2 Å². The van der Waals surface area contributed by atoms with Crippen LogP contribution in [-0.2, 0) is 27.2 Å². The summed E-state index contributed by atoms with van der Waals surface area (Å²) in [5.41, 5.74) is 8.55. The first-order chi connectivity index (χ1) is 17.6. The van der Waals surface area contributed by atoms with Crippen molar-refractivity contribution in [2.24, 2.45) is 5.73 Å². The van der Waals surface area contributed by atoms with Crippen molar-refractivity contribution in [3.05, 3.63) is 46.6 Å². The molecule has 1 aromatic carbocycles. The third-order valence-electron chi connectivity index (χ3n) is 6.20. The number of aromatic nitrogens is 2. The number of aromatic amines is 1. The number of rotatable bonds is 12. The first kappa shape index (κ1) is 28.5. The summed E-state index contributed by atoms with van der Waals surface area (Å²) in [6.45, 7) is 3.11. The Labute approximate surface area is 214 Å². The first-order valence-corrected chi connectivity index (χ1v) is 12.2. The van der Waals surface area contributed by atoms with Crippen LogP contribution >= 0.6 is 0 Å². The van der Waals surface area contributed by atoms with Gasteiger partial charge in [0.2, 0.25) is 24.0 Å². The number of primary amides is 1. The summed E-state index contributed by atoms with van der Waals surface area (Å²) in [6.07, 6.45) is -6.11. The second-order valence-corrected chi connectivity index (χ2v) is 9.43. The Bertz CT molecular complexity index is 1040. The van der Waals surface area contributed by atoms with Crippen LogP contribution in [0.25, 0.3) is 0 Å². The van der Waals surface area contributed by atoms with Crippen molar-refractivity contribution >= 4 is 11.8 Å². The highest BCUT2D eigenvalue weighted by molar-refractivity contribution is 5.83. The van der Waals surface area contributed by atoms with Crippen molar-refractivity contribution in [1.29, 1.82) is 0 Å². The smallest absolute Gasteiger partial charge is 0.238 e. The number of ether oxygens (including phenoxy) is 2. The van der Waals surface area contributed by atoms with E-state index in [0.29, 0.717) is 19.3 Å². The molecule has 0 spiro atoms. The number of amides is 2. The SMILES string of the molecule is CC(C)c1[nH]nc(OC2OC(CO)C(F)C(O)C2O)c1Cc1ccc(CCCC(=O)NCC(N)=O)cc1. The molecule has 1 fully saturated rings. The lowest BCUT2D eigenvalue weighted by atomic mass is 9.98. The van der Waals surface area contributed by atoms with Gasteiger partial charge in [-0.1, -0.05) is 38.1 Å². The van der Waals surface area contributed by atoms with E-state index < -0.39 is 43.3 Å². The molecule has 1 saturated heterocycles. The van der Waals surface area contributed by atoms with Crippen molar-refractivity contribution < 1.29 is 38.8 Å². The highest BCUT2D eigenvalue weighted by atomic mass is 19.1. The Hall–Kier alpha value is -3.06.